The molecular weight excluding hydrogens is 238 g/mol. The lowest BCUT2D eigenvalue weighted by Gasteiger charge is -2.01. The van der Waals surface area contributed by atoms with Crippen LogP contribution >= 0.6 is 22.7 Å². The van der Waals surface area contributed by atoms with Gasteiger partial charge in [0.1, 0.15) is 0 Å². The van der Waals surface area contributed by atoms with Gasteiger partial charge in [-0.2, -0.15) is 0 Å². The molecule has 16 heavy (non-hydrogen) atoms. The Morgan fingerprint density at radius 2 is 2.25 bits per heavy atom. The van der Waals surface area contributed by atoms with E-state index in [0.717, 1.165) is 30.2 Å². The van der Waals surface area contributed by atoms with Crippen molar-refractivity contribution in [2.75, 3.05) is 6.54 Å². The SMILES string of the molecule is Cc1nc(C)c(CNCCc2cscn2)s1. The maximum absolute atomic E-state index is 4.41. The Balaban J connectivity index is 1.74. The lowest BCUT2D eigenvalue weighted by molar-refractivity contribution is 0.685. The summed E-state index contributed by atoms with van der Waals surface area (Å²) in [4.78, 5) is 10.0. The zero-order valence-electron chi connectivity index (χ0n) is 9.49. The predicted molar refractivity (Wildman–Crippen MR) is 69.1 cm³/mol. The van der Waals surface area contributed by atoms with Gasteiger partial charge in [0.15, 0.2) is 0 Å². The second-order valence-electron chi connectivity index (χ2n) is 3.65. The van der Waals surface area contributed by atoms with E-state index in [1.54, 1.807) is 22.7 Å². The van der Waals surface area contributed by atoms with E-state index in [9.17, 15) is 0 Å². The van der Waals surface area contributed by atoms with E-state index in [1.165, 1.54) is 10.6 Å². The topological polar surface area (TPSA) is 37.8 Å². The van der Waals surface area contributed by atoms with Crippen molar-refractivity contribution < 1.29 is 0 Å². The van der Waals surface area contributed by atoms with Gasteiger partial charge in [0.05, 0.1) is 21.9 Å². The molecule has 3 nitrogen and oxygen atoms in total. The van der Waals surface area contributed by atoms with Crippen LogP contribution in [0.5, 0.6) is 0 Å². The van der Waals surface area contributed by atoms with Crippen molar-refractivity contribution in [1.29, 1.82) is 0 Å². The number of nitrogens with one attached hydrogen (secondary N) is 1. The molecule has 2 aromatic rings. The van der Waals surface area contributed by atoms with Crippen LogP contribution in [0.15, 0.2) is 10.9 Å². The van der Waals surface area contributed by atoms with Crippen LogP contribution in [-0.2, 0) is 13.0 Å². The van der Waals surface area contributed by atoms with Gasteiger partial charge in [0.2, 0.25) is 0 Å². The highest BCUT2D eigenvalue weighted by atomic mass is 32.1. The Morgan fingerprint density at radius 3 is 2.88 bits per heavy atom. The van der Waals surface area contributed by atoms with Crippen LogP contribution in [0.1, 0.15) is 21.3 Å². The zero-order chi connectivity index (χ0) is 11.4. The average Bonchev–Trinajstić information content (AvgIpc) is 2.84. The molecule has 0 aliphatic carbocycles. The maximum atomic E-state index is 4.41. The molecule has 0 spiro atoms. The highest BCUT2D eigenvalue weighted by Crippen LogP contribution is 2.16. The Bertz CT molecular complexity index is 434. The fraction of sp³-hybridized carbons (Fsp3) is 0.455. The number of hydrogen-bond acceptors (Lipinski definition) is 5. The van der Waals surface area contributed by atoms with E-state index in [0.29, 0.717) is 0 Å². The molecule has 1 N–H and O–H groups in total. The van der Waals surface area contributed by atoms with Gasteiger partial charge < -0.3 is 5.32 Å². The summed E-state index contributed by atoms with van der Waals surface area (Å²) in [7, 11) is 0. The second kappa shape index (κ2) is 5.52. The summed E-state index contributed by atoms with van der Waals surface area (Å²) in [5.74, 6) is 0. The van der Waals surface area contributed by atoms with Gasteiger partial charge in [-0.25, -0.2) is 9.97 Å². The highest BCUT2D eigenvalue weighted by Gasteiger charge is 2.03. The standard InChI is InChI=1S/C11H15N3S2/c1-8-11(16-9(2)14-8)5-12-4-3-10-6-15-7-13-10/h6-7,12H,3-5H2,1-2H3. The van der Waals surface area contributed by atoms with Crippen LogP contribution in [-0.4, -0.2) is 16.5 Å². The Hall–Kier alpha value is -0.780. The smallest absolute Gasteiger partial charge is 0.0900 e. The third-order valence-corrected chi connectivity index (χ3v) is 4.03. The van der Waals surface area contributed by atoms with E-state index in [2.05, 4.69) is 34.5 Å². The molecule has 0 unspecified atom stereocenters. The second-order valence-corrected chi connectivity index (χ2v) is 5.65. The summed E-state index contributed by atoms with van der Waals surface area (Å²) in [5, 5.41) is 6.68. The van der Waals surface area contributed by atoms with Crippen LogP contribution in [0.4, 0.5) is 0 Å². The van der Waals surface area contributed by atoms with Crippen LogP contribution in [0, 0.1) is 13.8 Å². The van der Waals surface area contributed by atoms with E-state index < -0.39 is 0 Å². The average molecular weight is 253 g/mol. The molecule has 0 aromatic carbocycles. The minimum Gasteiger partial charge on any atom is -0.311 e. The van der Waals surface area contributed by atoms with Crippen LogP contribution in [0.2, 0.25) is 0 Å². The Labute approximate surface area is 104 Å². The number of hydrogen-bond donors (Lipinski definition) is 1. The van der Waals surface area contributed by atoms with Crippen molar-refractivity contribution >= 4 is 22.7 Å². The summed E-state index contributed by atoms with van der Waals surface area (Å²) < 4.78 is 0. The largest absolute Gasteiger partial charge is 0.311 e. The molecule has 0 aliphatic heterocycles. The van der Waals surface area contributed by atoms with Gasteiger partial charge in [-0.3, -0.25) is 0 Å². The van der Waals surface area contributed by atoms with E-state index in [4.69, 9.17) is 0 Å². The molecule has 0 aliphatic rings. The molecule has 0 saturated heterocycles. The molecule has 86 valence electrons. The number of rotatable bonds is 5. The van der Waals surface area contributed by atoms with Crippen molar-refractivity contribution in [1.82, 2.24) is 15.3 Å². The van der Waals surface area contributed by atoms with Gasteiger partial charge in [-0.1, -0.05) is 0 Å². The zero-order valence-corrected chi connectivity index (χ0v) is 11.1. The first kappa shape index (κ1) is 11.7. The molecule has 0 bridgehead atoms. The molecule has 2 heterocycles. The van der Waals surface area contributed by atoms with E-state index >= 15 is 0 Å². The summed E-state index contributed by atoms with van der Waals surface area (Å²) in [6, 6.07) is 0. The number of nitrogens with zero attached hydrogens (tertiary/aromatic N) is 2. The Kier molecular flexibility index (Phi) is 4.04. The molecule has 2 rings (SSSR count). The first-order valence-electron chi connectivity index (χ1n) is 5.26. The first-order valence-corrected chi connectivity index (χ1v) is 7.02. The van der Waals surface area contributed by atoms with Crippen molar-refractivity contribution in [3.05, 3.63) is 32.2 Å². The predicted octanol–water partition coefficient (Wildman–Crippen LogP) is 2.55. The van der Waals surface area contributed by atoms with Crippen LogP contribution in [0.25, 0.3) is 0 Å². The van der Waals surface area contributed by atoms with Crippen molar-refractivity contribution in [3.63, 3.8) is 0 Å². The molecular formula is C11H15N3S2. The van der Waals surface area contributed by atoms with Gasteiger partial charge >= 0.3 is 0 Å². The van der Waals surface area contributed by atoms with Crippen molar-refractivity contribution in [2.24, 2.45) is 0 Å². The molecule has 0 atom stereocenters. The van der Waals surface area contributed by atoms with Gasteiger partial charge in [0, 0.05) is 29.8 Å². The number of aryl methyl sites for hydroxylation is 2. The quantitative estimate of drug-likeness (QED) is 0.832. The van der Waals surface area contributed by atoms with Crippen LogP contribution in [0.3, 0.4) is 0 Å². The first-order chi connectivity index (χ1) is 7.75. The minimum absolute atomic E-state index is 0.918. The number of aromatic nitrogens is 2. The third kappa shape index (κ3) is 3.10. The molecule has 0 amide bonds. The molecule has 0 saturated carbocycles. The lowest BCUT2D eigenvalue weighted by Crippen LogP contribution is -2.16. The fourth-order valence-corrected chi connectivity index (χ4v) is 3.02. The van der Waals surface area contributed by atoms with Gasteiger partial charge in [0.25, 0.3) is 0 Å². The van der Waals surface area contributed by atoms with E-state index in [-0.39, 0.29) is 0 Å². The van der Waals surface area contributed by atoms with Crippen LogP contribution < -0.4 is 5.32 Å². The number of thiazole rings is 2. The maximum Gasteiger partial charge on any atom is 0.0900 e. The normalized spacial score (nSPS) is 10.9. The summed E-state index contributed by atoms with van der Waals surface area (Å²) in [6.45, 7) is 6.01. The summed E-state index contributed by atoms with van der Waals surface area (Å²) in [5.41, 5.74) is 4.21. The molecule has 0 fully saturated rings. The fourth-order valence-electron chi connectivity index (χ4n) is 1.52. The lowest BCUT2D eigenvalue weighted by atomic mass is 10.3. The van der Waals surface area contributed by atoms with Gasteiger partial charge in [-0.05, 0) is 13.8 Å². The monoisotopic (exact) mass is 253 g/mol. The van der Waals surface area contributed by atoms with Crippen molar-refractivity contribution in [3.8, 4) is 0 Å². The summed E-state index contributed by atoms with van der Waals surface area (Å²) >= 11 is 3.43. The Morgan fingerprint density at radius 1 is 1.38 bits per heavy atom. The third-order valence-electron chi connectivity index (χ3n) is 2.33. The van der Waals surface area contributed by atoms with Gasteiger partial charge in [-0.15, -0.1) is 22.7 Å². The molecule has 0 radical (unpaired) electrons. The van der Waals surface area contributed by atoms with E-state index in [1.807, 2.05) is 5.51 Å². The summed E-state index contributed by atoms with van der Waals surface area (Å²) in [6.07, 6.45) is 1.00. The minimum atomic E-state index is 0.918. The molecule has 5 heteroatoms. The molecule has 2 aromatic heterocycles. The van der Waals surface area contributed by atoms with Crippen molar-refractivity contribution in [2.45, 2.75) is 26.8 Å². The highest BCUT2D eigenvalue weighted by molar-refractivity contribution is 7.11.